The van der Waals surface area contributed by atoms with Gasteiger partial charge in [-0.15, -0.1) is 0 Å². The zero-order valence-electron chi connectivity index (χ0n) is 19.3. The molecule has 3 atom stereocenters. The second kappa shape index (κ2) is 14.5. The molecule has 0 saturated heterocycles. The molecule has 0 spiro atoms. The van der Waals surface area contributed by atoms with Crippen LogP contribution in [0.25, 0.3) is 0 Å². The molecule has 0 amide bonds. The number of aliphatic carboxylic acids is 1. The summed E-state index contributed by atoms with van der Waals surface area (Å²) in [6.07, 6.45) is 1.75. The number of halogens is 2. The van der Waals surface area contributed by atoms with E-state index in [4.69, 9.17) is 42.1 Å². The number of hydrogen-bond donors (Lipinski definition) is 3. The van der Waals surface area contributed by atoms with Gasteiger partial charge < -0.3 is 24.3 Å². The Balaban J connectivity index is 2.21. The minimum atomic E-state index is -4.50. The summed E-state index contributed by atoms with van der Waals surface area (Å²) in [4.78, 5) is 20.9. The number of aliphatic hydroxyl groups is 1. The molecule has 33 heavy (non-hydrogen) atoms. The number of unbranched alkanes of at least 4 members (excludes halogenated alkanes) is 5. The van der Waals surface area contributed by atoms with Crippen molar-refractivity contribution in [2.45, 2.75) is 57.3 Å². The van der Waals surface area contributed by atoms with Gasteiger partial charge in [0.15, 0.2) is 6.10 Å². The van der Waals surface area contributed by atoms with Crippen LogP contribution in [0, 0.1) is 0 Å². The minimum absolute atomic E-state index is 0.00772. The molecule has 0 aromatic heterocycles. The number of carboxylic acids is 1. The Bertz CT molecular complexity index is 790. The van der Waals surface area contributed by atoms with Crippen LogP contribution in [0.1, 0.15) is 44.9 Å². The maximum absolute atomic E-state index is 12.2. The molecule has 0 aliphatic rings. The van der Waals surface area contributed by atoms with E-state index in [1.54, 1.807) is 39.3 Å². The maximum Gasteiger partial charge on any atom is 0.472 e. The largest absolute Gasteiger partial charge is 0.492 e. The van der Waals surface area contributed by atoms with E-state index in [9.17, 15) is 19.4 Å². The first-order chi connectivity index (χ1) is 15.3. The third kappa shape index (κ3) is 12.9. The highest BCUT2D eigenvalue weighted by molar-refractivity contribution is 7.47. The Morgan fingerprint density at radius 2 is 1.64 bits per heavy atom. The Hall–Kier alpha value is -0.900. The van der Waals surface area contributed by atoms with Gasteiger partial charge in [0.2, 0.25) is 6.23 Å². The van der Waals surface area contributed by atoms with Crippen LogP contribution in [0.2, 0.25) is 10.0 Å². The van der Waals surface area contributed by atoms with Crippen molar-refractivity contribution >= 4 is 37.0 Å². The van der Waals surface area contributed by atoms with Gasteiger partial charge in [0.05, 0.1) is 45.8 Å². The topological polar surface area (TPSA) is 123 Å². The summed E-state index contributed by atoms with van der Waals surface area (Å²) in [5, 5.41) is 20.3. The van der Waals surface area contributed by atoms with Crippen LogP contribution in [0.4, 0.5) is 0 Å². The summed E-state index contributed by atoms with van der Waals surface area (Å²) in [5.41, 5.74) is 0. The number of likely N-dealkylation sites (N-methyl/N-ethyl adjacent to an activating group) is 1. The molecule has 0 radical (unpaired) electrons. The molecular weight excluding hydrogens is 496 g/mol. The summed E-state index contributed by atoms with van der Waals surface area (Å²) in [6.45, 7) is 0.540. The van der Waals surface area contributed by atoms with Gasteiger partial charge in [0.1, 0.15) is 5.75 Å². The second-order valence-electron chi connectivity index (χ2n) is 8.62. The SMILES string of the molecule is C[N+](C)(C)C(O)[C@@H](CC(=O)O)OP(=O)(O)OCCCCCCCCOc1ccc(Cl)cc1Cl. The number of carboxylic acid groups (broad SMARTS) is 1. The number of nitrogens with zero attached hydrogens (tertiary/aromatic N) is 1. The molecule has 190 valence electrons. The van der Waals surface area contributed by atoms with Gasteiger partial charge in [0.25, 0.3) is 0 Å². The van der Waals surface area contributed by atoms with Crippen LogP contribution in [0.3, 0.4) is 0 Å². The average molecular weight is 531 g/mol. The van der Waals surface area contributed by atoms with Crippen molar-refractivity contribution in [3.05, 3.63) is 28.2 Å². The van der Waals surface area contributed by atoms with E-state index in [-0.39, 0.29) is 11.1 Å². The van der Waals surface area contributed by atoms with Gasteiger partial charge in [-0.25, -0.2) is 4.57 Å². The zero-order valence-corrected chi connectivity index (χ0v) is 21.7. The predicted molar refractivity (Wildman–Crippen MR) is 127 cm³/mol. The number of carbonyl (C=O) groups is 1. The van der Waals surface area contributed by atoms with Gasteiger partial charge in [0, 0.05) is 5.02 Å². The lowest BCUT2D eigenvalue weighted by Gasteiger charge is -2.34. The number of ether oxygens (including phenoxy) is 1. The molecule has 12 heteroatoms. The molecular formula is C21H35Cl2NO8P+. The Labute approximate surface area is 205 Å². The lowest BCUT2D eigenvalue weighted by molar-refractivity contribution is -0.922. The molecule has 0 aliphatic carbocycles. The number of phosphoric acid groups is 1. The summed E-state index contributed by atoms with van der Waals surface area (Å²) < 4.78 is 27.7. The zero-order chi connectivity index (χ0) is 25.1. The van der Waals surface area contributed by atoms with Gasteiger partial charge in [-0.3, -0.25) is 13.8 Å². The first kappa shape index (κ1) is 30.1. The number of phosphoric ester groups is 1. The molecule has 3 N–H and O–H groups in total. The van der Waals surface area contributed by atoms with Gasteiger partial charge in [-0.1, -0.05) is 48.9 Å². The fraction of sp³-hybridized carbons (Fsp3) is 0.667. The number of aliphatic hydroxyl groups excluding tert-OH is 1. The molecule has 1 rings (SSSR count). The van der Waals surface area contributed by atoms with Crippen LogP contribution >= 0.6 is 31.0 Å². The van der Waals surface area contributed by atoms with Crippen LogP contribution in [-0.4, -0.2) is 72.2 Å². The van der Waals surface area contributed by atoms with Crippen LogP contribution in [0.15, 0.2) is 18.2 Å². The quantitative estimate of drug-likeness (QED) is 0.114. The minimum Gasteiger partial charge on any atom is -0.492 e. The summed E-state index contributed by atoms with van der Waals surface area (Å²) in [7, 11) is 0.344. The Kier molecular flexibility index (Phi) is 13.2. The highest BCUT2D eigenvalue weighted by Crippen LogP contribution is 2.46. The lowest BCUT2D eigenvalue weighted by atomic mass is 10.1. The average Bonchev–Trinajstić information content (AvgIpc) is 2.68. The molecule has 0 heterocycles. The van der Waals surface area contributed by atoms with Crippen molar-refractivity contribution in [2.75, 3.05) is 34.4 Å². The van der Waals surface area contributed by atoms with E-state index in [1.165, 1.54) is 0 Å². The molecule has 2 unspecified atom stereocenters. The van der Waals surface area contributed by atoms with Crippen molar-refractivity contribution < 1.29 is 42.7 Å². The standard InChI is InChI=1S/C21H34Cl2NO8P/c1-24(2,3)21(27)19(15-20(25)26)32-33(28,29)31-13-9-7-5-4-6-8-12-30-18-11-10-16(22)14-17(18)23/h10-11,14,19,21,27H,4-9,12-13,15H2,1-3H3,(H-,25,26,28,29)/p+1/t19-,21?/m1/s1. The van der Waals surface area contributed by atoms with Crippen molar-refractivity contribution in [3.8, 4) is 5.75 Å². The third-order valence-electron chi connectivity index (χ3n) is 4.72. The smallest absolute Gasteiger partial charge is 0.472 e. The first-order valence-corrected chi connectivity index (χ1v) is 13.0. The van der Waals surface area contributed by atoms with Crippen molar-refractivity contribution in [3.63, 3.8) is 0 Å². The summed E-state index contributed by atoms with van der Waals surface area (Å²) >= 11 is 11.9. The van der Waals surface area contributed by atoms with Gasteiger partial charge in [-0.05, 0) is 31.0 Å². The third-order valence-corrected chi connectivity index (χ3v) is 6.29. The van der Waals surface area contributed by atoms with Crippen LogP contribution in [0.5, 0.6) is 5.75 Å². The Morgan fingerprint density at radius 3 is 2.18 bits per heavy atom. The number of hydrogen-bond acceptors (Lipinski definition) is 6. The molecule has 0 saturated carbocycles. The summed E-state index contributed by atoms with van der Waals surface area (Å²) in [5.74, 6) is -0.650. The van der Waals surface area contributed by atoms with E-state index in [1.807, 2.05) is 0 Å². The van der Waals surface area contributed by atoms with E-state index in [2.05, 4.69) is 0 Å². The van der Waals surface area contributed by atoms with E-state index >= 15 is 0 Å². The molecule has 1 aromatic carbocycles. The molecule has 0 fully saturated rings. The van der Waals surface area contributed by atoms with Crippen molar-refractivity contribution in [1.29, 1.82) is 0 Å². The van der Waals surface area contributed by atoms with Crippen molar-refractivity contribution in [2.24, 2.45) is 0 Å². The predicted octanol–water partition coefficient (Wildman–Crippen LogP) is 4.71. The van der Waals surface area contributed by atoms with E-state index < -0.39 is 32.5 Å². The van der Waals surface area contributed by atoms with Crippen LogP contribution < -0.4 is 4.74 Å². The molecule has 0 aliphatic heterocycles. The highest BCUT2D eigenvalue weighted by atomic mass is 35.5. The number of quaternary nitrogens is 1. The fourth-order valence-corrected chi connectivity index (χ4v) is 4.34. The van der Waals surface area contributed by atoms with Crippen LogP contribution in [-0.2, 0) is 18.4 Å². The highest BCUT2D eigenvalue weighted by Gasteiger charge is 2.39. The molecule has 1 aromatic rings. The van der Waals surface area contributed by atoms with Crippen molar-refractivity contribution in [1.82, 2.24) is 0 Å². The first-order valence-electron chi connectivity index (χ1n) is 10.8. The number of benzene rings is 1. The lowest BCUT2D eigenvalue weighted by Crippen LogP contribution is -2.52. The van der Waals surface area contributed by atoms with E-state index in [0.717, 1.165) is 32.1 Å². The second-order valence-corrected chi connectivity index (χ2v) is 10.9. The monoisotopic (exact) mass is 530 g/mol. The summed E-state index contributed by atoms with van der Waals surface area (Å²) in [6, 6.07) is 5.09. The molecule has 0 bridgehead atoms. The van der Waals surface area contributed by atoms with Gasteiger partial charge in [-0.2, -0.15) is 0 Å². The normalized spacial score (nSPS) is 15.6. The maximum atomic E-state index is 12.2. The Morgan fingerprint density at radius 1 is 1.06 bits per heavy atom. The number of rotatable bonds is 17. The fourth-order valence-electron chi connectivity index (χ4n) is 2.94. The van der Waals surface area contributed by atoms with Gasteiger partial charge >= 0.3 is 13.8 Å². The van der Waals surface area contributed by atoms with E-state index in [0.29, 0.717) is 28.8 Å². The molecule has 9 nitrogen and oxygen atoms in total.